The Morgan fingerprint density at radius 3 is 2.33 bits per heavy atom. The van der Waals surface area contributed by atoms with Crippen LogP contribution >= 0.6 is 0 Å². The zero-order valence-electron chi connectivity index (χ0n) is 13.7. The second-order valence-corrected chi connectivity index (χ2v) is 6.41. The van der Waals surface area contributed by atoms with Gasteiger partial charge in [-0.05, 0) is 50.1 Å². The Morgan fingerprint density at radius 1 is 1.08 bits per heavy atom. The number of hydrogen-bond acceptors (Lipinski definition) is 4. The van der Waals surface area contributed by atoms with Crippen LogP contribution in [0.1, 0.15) is 29.8 Å². The van der Waals surface area contributed by atoms with Crippen molar-refractivity contribution in [2.45, 2.75) is 32.0 Å². The van der Waals surface area contributed by atoms with Crippen LogP contribution in [0.25, 0.3) is 0 Å². The van der Waals surface area contributed by atoms with Crippen molar-refractivity contribution in [3.05, 3.63) is 65.7 Å². The van der Waals surface area contributed by atoms with Gasteiger partial charge in [0.25, 0.3) is 0 Å². The molecule has 0 saturated carbocycles. The highest BCUT2D eigenvalue weighted by Gasteiger charge is 2.36. The maximum Gasteiger partial charge on any atom is 0.343 e. The molecule has 1 atom stereocenters. The summed E-state index contributed by atoms with van der Waals surface area (Å²) in [6.07, 6.45) is 0.585. The highest BCUT2D eigenvalue weighted by Crippen LogP contribution is 2.17. The molecule has 0 radical (unpaired) electrons. The molecule has 3 rings (SSSR count). The van der Waals surface area contributed by atoms with Crippen LogP contribution in [0.3, 0.4) is 0 Å². The summed E-state index contributed by atoms with van der Waals surface area (Å²) in [5, 5.41) is 6.15. The van der Waals surface area contributed by atoms with Gasteiger partial charge in [-0.3, -0.25) is 10.1 Å². The van der Waals surface area contributed by atoms with Crippen LogP contribution in [0.2, 0.25) is 0 Å². The molecule has 124 valence electrons. The van der Waals surface area contributed by atoms with Crippen LogP contribution in [0, 0.1) is 0 Å². The second-order valence-electron chi connectivity index (χ2n) is 6.41. The van der Waals surface area contributed by atoms with E-state index in [1.807, 2.05) is 32.0 Å². The molecular formula is C19H20N2O3. The van der Waals surface area contributed by atoms with Gasteiger partial charge in [0.1, 0.15) is 5.75 Å². The van der Waals surface area contributed by atoms with E-state index in [0.29, 0.717) is 17.7 Å². The summed E-state index contributed by atoms with van der Waals surface area (Å²) < 4.78 is 5.35. The Kier molecular flexibility index (Phi) is 4.36. The van der Waals surface area contributed by atoms with Crippen molar-refractivity contribution in [3.8, 4) is 5.75 Å². The average Bonchev–Trinajstić information content (AvgIpc) is 2.82. The number of rotatable bonds is 4. The standard InChI is InChI=1S/C19H20N2O3/c1-19(2)20-16(17(22)21-19)12-13-8-10-15(11-9-13)24-18(23)14-6-4-3-5-7-14/h3-11,16,20H,12H2,1-2H3,(H,21,22)/t16-/m0/s1. The molecule has 0 unspecified atom stereocenters. The minimum Gasteiger partial charge on any atom is -0.423 e. The fraction of sp³-hybridized carbons (Fsp3) is 0.263. The third-order valence-electron chi connectivity index (χ3n) is 3.87. The molecule has 1 aliphatic heterocycles. The van der Waals surface area contributed by atoms with Crippen molar-refractivity contribution >= 4 is 11.9 Å². The lowest BCUT2D eigenvalue weighted by molar-refractivity contribution is -0.120. The Bertz CT molecular complexity index is 739. The van der Waals surface area contributed by atoms with Crippen LogP contribution in [-0.2, 0) is 11.2 Å². The highest BCUT2D eigenvalue weighted by molar-refractivity contribution is 5.91. The van der Waals surface area contributed by atoms with Crippen molar-refractivity contribution in [2.24, 2.45) is 0 Å². The molecule has 1 fully saturated rings. The monoisotopic (exact) mass is 324 g/mol. The largest absolute Gasteiger partial charge is 0.423 e. The van der Waals surface area contributed by atoms with E-state index in [-0.39, 0.29) is 23.6 Å². The van der Waals surface area contributed by atoms with Crippen LogP contribution in [0.4, 0.5) is 0 Å². The zero-order valence-corrected chi connectivity index (χ0v) is 13.7. The van der Waals surface area contributed by atoms with Crippen molar-refractivity contribution in [3.63, 3.8) is 0 Å². The topological polar surface area (TPSA) is 67.4 Å². The molecule has 0 spiro atoms. The first-order valence-electron chi connectivity index (χ1n) is 7.89. The minimum absolute atomic E-state index is 0.000387. The normalized spacial score (nSPS) is 18.9. The van der Waals surface area contributed by atoms with E-state index >= 15 is 0 Å². The third kappa shape index (κ3) is 3.81. The van der Waals surface area contributed by atoms with Gasteiger partial charge < -0.3 is 10.1 Å². The molecule has 1 heterocycles. The van der Waals surface area contributed by atoms with Gasteiger partial charge in [0, 0.05) is 0 Å². The fourth-order valence-electron chi connectivity index (χ4n) is 2.75. The SMILES string of the molecule is CC1(C)NC(=O)[C@H](Cc2ccc(OC(=O)c3ccccc3)cc2)N1. The molecule has 5 heteroatoms. The van der Waals surface area contributed by atoms with Gasteiger partial charge in [-0.15, -0.1) is 0 Å². The fourth-order valence-corrected chi connectivity index (χ4v) is 2.75. The Labute approximate surface area is 141 Å². The number of ether oxygens (including phenoxy) is 1. The first-order chi connectivity index (χ1) is 11.4. The van der Waals surface area contributed by atoms with E-state index in [2.05, 4.69) is 10.6 Å². The summed E-state index contributed by atoms with van der Waals surface area (Å²) in [6, 6.07) is 15.8. The number of hydrogen-bond donors (Lipinski definition) is 2. The molecule has 24 heavy (non-hydrogen) atoms. The van der Waals surface area contributed by atoms with Crippen LogP contribution in [-0.4, -0.2) is 23.6 Å². The average molecular weight is 324 g/mol. The number of carbonyl (C=O) groups excluding carboxylic acids is 2. The van der Waals surface area contributed by atoms with Gasteiger partial charge in [-0.25, -0.2) is 4.79 Å². The van der Waals surface area contributed by atoms with Gasteiger partial charge in [0.05, 0.1) is 17.3 Å². The molecule has 0 aromatic heterocycles. The quantitative estimate of drug-likeness (QED) is 0.669. The summed E-state index contributed by atoms with van der Waals surface area (Å²) in [4.78, 5) is 23.9. The molecular weight excluding hydrogens is 304 g/mol. The molecule has 2 aromatic rings. The predicted octanol–water partition coefficient (Wildman–Crippen LogP) is 2.27. The van der Waals surface area contributed by atoms with E-state index in [1.165, 1.54) is 0 Å². The van der Waals surface area contributed by atoms with Crippen LogP contribution in [0.5, 0.6) is 5.75 Å². The Hall–Kier alpha value is -2.66. The van der Waals surface area contributed by atoms with Crippen molar-refractivity contribution in [2.75, 3.05) is 0 Å². The lowest BCUT2D eigenvalue weighted by atomic mass is 10.1. The first-order valence-corrected chi connectivity index (χ1v) is 7.89. The van der Waals surface area contributed by atoms with Crippen LogP contribution in [0.15, 0.2) is 54.6 Å². The maximum absolute atomic E-state index is 12.0. The van der Waals surface area contributed by atoms with E-state index in [0.717, 1.165) is 5.56 Å². The van der Waals surface area contributed by atoms with Gasteiger partial charge in [-0.1, -0.05) is 30.3 Å². The summed E-state index contributed by atoms with van der Waals surface area (Å²) >= 11 is 0. The molecule has 2 aromatic carbocycles. The lowest BCUT2D eigenvalue weighted by Crippen LogP contribution is -2.44. The van der Waals surface area contributed by atoms with E-state index in [4.69, 9.17) is 4.74 Å². The first kappa shape index (κ1) is 16.2. The van der Waals surface area contributed by atoms with Crippen LogP contribution < -0.4 is 15.4 Å². The number of carbonyl (C=O) groups is 2. The van der Waals surface area contributed by atoms with Gasteiger partial charge in [-0.2, -0.15) is 0 Å². The van der Waals surface area contributed by atoms with E-state index in [9.17, 15) is 9.59 Å². The second kappa shape index (κ2) is 6.45. The molecule has 2 N–H and O–H groups in total. The summed E-state index contributed by atoms with van der Waals surface area (Å²) in [7, 11) is 0. The van der Waals surface area contributed by atoms with E-state index in [1.54, 1.807) is 36.4 Å². The van der Waals surface area contributed by atoms with Crippen molar-refractivity contribution in [1.82, 2.24) is 10.6 Å². The molecule has 1 amide bonds. The molecule has 0 aliphatic carbocycles. The number of amides is 1. The Morgan fingerprint density at radius 2 is 1.75 bits per heavy atom. The minimum atomic E-state index is -0.387. The summed E-state index contributed by atoms with van der Waals surface area (Å²) in [5.74, 6) is 0.0956. The molecule has 0 bridgehead atoms. The summed E-state index contributed by atoms with van der Waals surface area (Å²) in [6.45, 7) is 3.86. The number of benzene rings is 2. The predicted molar refractivity (Wildman–Crippen MR) is 90.7 cm³/mol. The third-order valence-corrected chi connectivity index (χ3v) is 3.87. The van der Waals surface area contributed by atoms with Crippen molar-refractivity contribution < 1.29 is 14.3 Å². The number of nitrogens with one attached hydrogen (secondary N) is 2. The Balaban J connectivity index is 1.62. The van der Waals surface area contributed by atoms with Gasteiger partial charge in [0.2, 0.25) is 5.91 Å². The van der Waals surface area contributed by atoms with Gasteiger partial charge >= 0.3 is 5.97 Å². The van der Waals surface area contributed by atoms with E-state index < -0.39 is 0 Å². The maximum atomic E-state index is 12.0. The van der Waals surface area contributed by atoms with Crippen molar-refractivity contribution in [1.29, 1.82) is 0 Å². The number of esters is 1. The zero-order chi connectivity index (χ0) is 17.2. The molecule has 1 saturated heterocycles. The molecule has 1 aliphatic rings. The summed E-state index contributed by atoms with van der Waals surface area (Å²) in [5.41, 5.74) is 1.13. The van der Waals surface area contributed by atoms with Gasteiger partial charge in [0.15, 0.2) is 0 Å². The molecule has 5 nitrogen and oxygen atoms in total. The smallest absolute Gasteiger partial charge is 0.343 e. The lowest BCUT2D eigenvalue weighted by Gasteiger charge is -2.18. The highest BCUT2D eigenvalue weighted by atomic mass is 16.5.